The predicted molar refractivity (Wildman–Crippen MR) is 95.4 cm³/mol. The van der Waals surface area contributed by atoms with Crippen LogP contribution in [0.4, 0.5) is 0 Å². The Morgan fingerprint density at radius 3 is 2.50 bits per heavy atom. The first kappa shape index (κ1) is 15.4. The minimum Gasteiger partial charge on any atom is -0.488 e. The molecule has 1 aliphatic heterocycles. The molecule has 3 atom stereocenters. The van der Waals surface area contributed by atoms with Crippen LogP contribution in [0, 0.1) is 11.3 Å². The third-order valence-corrected chi connectivity index (χ3v) is 6.03. The summed E-state index contributed by atoms with van der Waals surface area (Å²) in [5.41, 5.74) is 3.70. The zero-order valence-corrected chi connectivity index (χ0v) is 14.6. The third-order valence-electron chi connectivity index (χ3n) is 6.03. The van der Waals surface area contributed by atoms with Crippen LogP contribution in [0.5, 0.6) is 5.75 Å². The summed E-state index contributed by atoms with van der Waals surface area (Å²) in [6.45, 7) is 6.70. The average molecular weight is 320 g/mol. The Morgan fingerprint density at radius 2 is 1.83 bits per heavy atom. The number of fused-ring (bicyclic) bond motifs is 1. The number of carbonyl (C=O) groups excluding carboxylic acids is 1. The van der Waals surface area contributed by atoms with Crippen molar-refractivity contribution in [2.45, 2.75) is 45.1 Å². The van der Waals surface area contributed by atoms with Crippen LogP contribution in [0.2, 0.25) is 0 Å². The lowest BCUT2D eigenvalue weighted by molar-refractivity contribution is -0.110. The molecule has 1 heterocycles. The van der Waals surface area contributed by atoms with E-state index in [0.29, 0.717) is 0 Å². The zero-order chi connectivity index (χ0) is 16.9. The fourth-order valence-electron chi connectivity index (χ4n) is 4.47. The van der Waals surface area contributed by atoms with Crippen LogP contribution in [-0.4, -0.2) is 12.4 Å². The van der Waals surface area contributed by atoms with Gasteiger partial charge in [0.15, 0.2) is 0 Å². The molecule has 2 heteroatoms. The minimum absolute atomic E-state index is 0.0334. The molecule has 0 aromatic heterocycles. The highest BCUT2D eigenvalue weighted by Gasteiger charge is 2.63. The fourth-order valence-corrected chi connectivity index (χ4v) is 4.47. The summed E-state index contributed by atoms with van der Waals surface area (Å²) in [6, 6.07) is 17.0. The summed E-state index contributed by atoms with van der Waals surface area (Å²) in [7, 11) is 0. The van der Waals surface area contributed by atoms with Crippen LogP contribution in [0.15, 0.2) is 48.5 Å². The van der Waals surface area contributed by atoms with E-state index in [0.717, 1.165) is 24.9 Å². The molecule has 2 aromatic rings. The van der Waals surface area contributed by atoms with E-state index in [2.05, 4.69) is 63.2 Å². The maximum absolute atomic E-state index is 11.3. The van der Waals surface area contributed by atoms with Gasteiger partial charge in [0, 0.05) is 28.7 Å². The van der Waals surface area contributed by atoms with Crippen molar-refractivity contribution in [1.29, 1.82) is 0 Å². The lowest BCUT2D eigenvalue weighted by atomic mass is 9.74. The third kappa shape index (κ3) is 2.20. The second kappa shape index (κ2) is 5.20. The Morgan fingerprint density at radius 1 is 1.08 bits per heavy atom. The van der Waals surface area contributed by atoms with Gasteiger partial charge in [-0.25, -0.2) is 0 Å². The molecule has 0 amide bonds. The molecule has 0 spiro atoms. The van der Waals surface area contributed by atoms with Gasteiger partial charge in [0.2, 0.25) is 0 Å². The number of hydrogen-bond acceptors (Lipinski definition) is 2. The van der Waals surface area contributed by atoms with Crippen LogP contribution in [0.1, 0.15) is 43.9 Å². The van der Waals surface area contributed by atoms with Gasteiger partial charge in [0.05, 0.1) is 0 Å². The summed E-state index contributed by atoms with van der Waals surface area (Å²) in [4.78, 5) is 11.3. The standard InChI is InChI=1S/C22H24O2/c1-21(2)18-11-7-10-16(12-15-8-5-4-6-9-15)19(18)24-20(21)22(3)13-17(22)14-23/h4-11,14,17,20H,12-13H2,1-3H3/t17-,20?,22+/m1/s1. The number of rotatable bonds is 4. The molecule has 4 rings (SSSR count). The van der Waals surface area contributed by atoms with Crippen molar-refractivity contribution in [3.05, 3.63) is 65.2 Å². The molecule has 2 nitrogen and oxygen atoms in total. The SMILES string of the molecule is CC1(C)c2cccc(Cc3ccccc3)c2OC1[C@@]1(C)C[C@@H]1C=O. The van der Waals surface area contributed by atoms with Gasteiger partial charge in [-0.3, -0.25) is 0 Å². The monoisotopic (exact) mass is 320 g/mol. The van der Waals surface area contributed by atoms with E-state index in [4.69, 9.17) is 4.74 Å². The number of para-hydroxylation sites is 1. The number of hydrogen-bond donors (Lipinski definition) is 0. The highest BCUT2D eigenvalue weighted by atomic mass is 16.5. The lowest BCUT2D eigenvalue weighted by Crippen LogP contribution is -2.40. The Labute approximate surface area is 143 Å². The first-order valence-corrected chi connectivity index (χ1v) is 8.75. The van der Waals surface area contributed by atoms with E-state index in [1.807, 2.05) is 6.07 Å². The van der Waals surface area contributed by atoms with Gasteiger partial charge in [0.1, 0.15) is 18.1 Å². The summed E-state index contributed by atoms with van der Waals surface area (Å²) in [5, 5.41) is 0. The minimum atomic E-state index is -0.0749. The Kier molecular flexibility index (Phi) is 3.35. The second-order valence-electron chi connectivity index (χ2n) is 8.13. The summed E-state index contributed by atoms with van der Waals surface area (Å²) < 4.78 is 6.53. The average Bonchev–Trinajstić information content (AvgIpc) is 3.16. The van der Waals surface area contributed by atoms with Crippen molar-refractivity contribution in [3.8, 4) is 5.75 Å². The van der Waals surface area contributed by atoms with Crippen molar-refractivity contribution in [3.63, 3.8) is 0 Å². The number of ether oxygens (including phenoxy) is 1. The molecule has 0 bridgehead atoms. The molecule has 1 saturated carbocycles. The molecule has 1 unspecified atom stereocenters. The van der Waals surface area contributed by atoms with Gasteiger partial charge in [0.25, 0.3) is 0 Å². The molecule has 24 heavy (non-hydrogen) atoms. The maximum Gasteiger partial charge on any atom is 0.127 e. The second-order valence-corrected chi connectivity index (χ2v) is 8.13. The first-order valence-electron chi connectivity index (χ1n) is 8.75. The van der Waals surface area contributed by atoms with E-state index < -0.39 is 0 Å². The van der Waals surface area contributed by atoms with Gasteiger partial charge in [-0.2, -0.15) is 0 Å². The first-order chi connectivity index (χ1) is 11.5. The number of carbonyl (C=O) groups is 1. The Balaban J connectivity index is 1.70. The molecule has 2 aromatic carbocycles. The Hall–Kier alpha value is -2.09. The van der Waals surface area contributed by atoms with Crippen molar-refractivity contribution in [2.24, 2.45) is 11.3 Å². The molecule has 1 aliphatic carbocycles. The van der Waals surface area contributed by atoms with Crippen LogP contribution in [0.25, 0.3) is 0 Å². The lowest BCUT2D eigenvalue weighted by Gasteiger charge is -2.31. The van der Waals surface area contributed by atoms with E-state index >= 15 is 0 Å². The van der Waals surface area contributed by atoms with Crippen LogP contribution in [0.3, 0.4) is 0 Å². The predicted octanol–water partition coefficient (Wildman–Crippen LogP) is 4.54. The van der Waals surface area contributed by atoms with Crippen molar-refractivity contribution in [2.75, 3.05) is 0 Å². The van der Waals surface area contributed by atoms with E-state index in [-0.39, 0.29) is 22.9 Å². The highest BCUT2D eigenvalue weighted by Crippen LogP contribution is 2.62. The van der Waals surface area contributed by atoms with Crippen molar-refractivity contribution < 1.29 is 9.53 Å². The molecule has 1 fully saturated rings. The quantitative estimate of drug-likeness (QED) is 0.773. The number of benzene rings is 2. The van der Waals surface area contributed by atoms with Crippen LogP contribution in [-0.2, 0) is 16.6 Å². The zero-order valence-electron chi connectivity index (χ0n) is 14.6. The summed E-state index contributed by atoms with van der Waals surface area (Å²) in [6.07, 6.45) is 2.98. The molecular weight excluding hydrogens is 296 g/mol. The summed E-state index contributed by atoms with van der Waals surface area (Å²) in [5.74, 6) is 1.17. The maximum atomic E-state index is 11.3. The number of aldehydes is 1. The smallest absolute Gasteiger partial charge is 0.127 e. The van der Waals surface area contributed by atoms with Crippen LogP contribution >= 0.6 is 0 Å². The topological polar surface area (TPSA) is 26.3 Å². The van der Waals surface area contributed by atoms with Gasteiger partial charge in [-0.15, -0.1) is 0 Å². The van der Waals surface area contributed by atoms with Gasteiger partial charge >= 0.3 is 0 Å². The van der Waals surface area contributed by atoms with Crippen molar-refractivity contribution in [1.82, 2.24) is 0 Å². The van der Waals surface area contributed by atoms with Gasteiger partial charge in [-0.05, 0) is 17.5 Å². The van der Waals surface area contributed by atoms with E-state index in [1.54, 1.807) is 0 Å². The molecular formula is C22H24O2. The van der Waals surface area contributed by atoms with Gasteiger partial charge in [-0.1, -0.05) is 69.3 Å². The van der Waals surface area contributed by atoms with Gasteiger partial charge < -0.3 is 9.53 Å². The molecule has 0 N–H and O–H groups in total. The fraction of sp³-hybridized carbons (Fsp3) is 0.409. The van der Waals surface area contributed by atoms with E-state index in [1.165, 1.54) is 16.7 Å². The molecule has 2 aliphatic rings. The largest absolute Gasteiger partial charge is 0.488 e. The normalized spacial score (nSPS) is 29.6. The highest BCUT2D eigenvalue weighted by molar-refractivity contribution is 5.62. The Bertz CT molecular complexity index is 778. The molecule has 0 radical (unpaired) electrons. The van der Waals surface area contributed by atoms with Crippen LogP contribution < -0.4 is 4.74 Å². The molecule has 0 saturated heterocycles. The van der Waals surface area contributed by atoms with E-state index in [9.17, 15) is 4.79 Å². The molecule has 124 valence electrons. The van der Waals surface area contributed by atoms with Crippen molar-refractivity contribution >= 4 is 6.29 Å². The summed E-state index contributed by atoms with van der Waals surface area (Å²) >= 11 is 0.